The summed E-state index contributed by atoms with van der Waals surface area (Å²) in [5, 5.41) is 19.2. The molecule has 1 spiro atoms. The number of carbonyl (C=O) groups is 2. The minimum Gasteiger partial charge on any atom is -0.497 e. The van der Waals surface area contributed by atoms with Gasteiger partial charge in [0.25, 0.3) is 0 Å². The monoisotopic (exact) mass is 634 g/mol. The van der Waals surface area contributed by atoms with Gasteiger partial charge in [0.15, 0.2) is 0 Å². The van der Waals surface area contributed by atoms with Crippen molar-refractivity contribution in [3.05, 3.63) is 88.6 Å². The second-order valence-corrected chi connectivity index (χ2v) is 11.7. The Balaban J connectivity index is 0.000000480. The number of H-pyrrole nitrogens is 1. The molecule has 1 amide bonds. The lowest BCUT2D eigenvalue weighted by atomic mass is 9.91. The number of amides is 1. The van der Waals surface area contributed by atoms with Crippen LogP contribution in [0.25, 0.3) is 22.6 Å². The van der Waals surface area contributed by atoms with Crippen LogP contribution < -0.4 is 10.1 Å². The number of allylic oxidation sites excluding steroid dienone is 1. The number of aromatic amines is 1. The lowest BCUT2D eigenvalue weighted by Gasteiger charge is -2.26. The van der Waals surface area contributed by atoms with Crippen molar-refractivity contribution in [3.8, 4) is 5.75 Å². The SMILES string of the molecule is COc1ccc2c(c1)[C@]1(C[C@H]1c1ccc3c(C(C)=Cc4ccc(CN5CCOCC5)cc4)n[nH]c3c1)C(=O)N2.O=C(O)C(F)(F)F. The fourth-order valence-electron chi connectivity index (χ4n) is 6.31. The molecule has 12 heteroatoms. The number of morpholine rings is 1. The summed E-state index contributed by atoms with van der Waals surface area (Å²) in [6, 6.07) is 21.1. The average Bonchev–Trinajstić information content (AvgIpc) is 3.56. The zero-order valence-electron chi connectivity index (χ0n) is 25.3. The maximum atomic E-state index is 13.1. The number of alkyl halides is 3. The number of aliphatic carboxylic acids is 1. The molecule has 3 aromatic carbocycles. The van der Waals surface area contributed by atoms with Crippen molar-refractivity contribution in [3.63, 3.8) is 0 Å². The molecule has 3 aliphatic rings. The van der Waals surface area contributed by atoms with Crippen LogP contribution in [0.5, 0.6) is 5.75 Å². The Hall–Kier alpha value is -4.68. The average molecular weight is 635 g/mol. The van der Waals surface area contributed by atoms with Crippen LogP contribution in [0.4, 0.5) is 18.9 Å². The lowest BCUT2D eigenvalue weighted by Crippen LogP contribution is -2.35. The van der Waals surface area contributed by atoms with E-state index in [-0.39, 0.29) is 11.8 Å². The molecular formula is C34H33F3N4O5. The zero-order valence-corrected chi connectivity index (χ0v) is 25.3. The number of aromatic nitrogens is 2. The number of hydrogen-bond acceptors (Lipinski definition) is 6. The van der Waals surface area contributed by atoms with Crippen molar-refractivity contribution in [2.75, 3.05) is 38.7 Å². The van der Waals surface area contributed by atoms with E-state index >= 15 is 0 Å². The molecule has 1 aromatic heterocycles. The fourth-order valence-corrected chi connectivity index (χ4v) is 6.31. The highest BCUT2D eigenvalue weighted by molar-refractivity contribution is 6.10. The predicted octanol–water partition coefficient (Wildman–Crippen LogP) is 5.97. The summed E-state index contributed by atoms with van der Waals surface area (Å²) < 4.78 is 42.6. The number of anilines is 1. The van der Waals surface area contributed by atoms with Crippen LogP contribution in [0, 0.1) is 0 Å². The van der Waals surface area contributed by atoms with E-state index < -0.39 is 17.6 Å². The first-order valence-corrected chi connectivity index (χ1v) is 14.9. The third-order valence-electron chi connectivity index (χ3n) is 8.80. The number of carboxylic acids is 1. The Morgan fingerprint density at radius 3 is 2.52 bits per heavy atom. The summed E-state index contributed by atoms with van der Waals surface area (Å²) in [5.74, 6) is -1.77. The largest absolute Gasteiger partial charge is 0.497 e. The molecule has 0 radical (unpaired) electrons. The standard InChI is InChI=1S/C32H32N4O3.C2HF3O2/c1-20(15-21-3-5-22(6-4-21)19-36-11-13-39-14-12-36)30-25-9-7-23(16-29(25)34-35-30)27-18-32(27)26-17-24(38-2)8-10-28(26)33-31(32)37;3-2(4,5)1(6)7/h3-10,15-17,27H,11-14,18-19H2,1-2H3,(H,33,37)(H,34,35);(H,6,7)/t27-,32-;/m0./s1. The lowest BCUT2D eigenvalue weighted by molar-refractivity contribution is -0.192. The van der Waals surface area contributed by atoms with E-state index in [9.17, 15) is 18.0 Å². The number of benzene rings is 3. The Morgan fingerprint density at radius 2 is 1.85 bits per heavy atom. The van der Waals surface area contributed by atoms with Gasteiger partial charge in [-0.1, -0.05) is 36.4 Å². The summed E-state index contributed by atoms with van der Waals surface area (Å²) in [6.45, 7) is 6.69. The van der Waals surface area contributed by atoms with Gasteiger partial charge in [0, 0.05) is 36.6 Å². The molecule has 3 N–H and O–H groups in total. The fraction of sp³-hybridized carbons (Fsp3) is 0.324. The highest BCUT2D eigenvalue weighted by Gasteiger charge is 2.65. The Labute approximate surface area is 263 Å². The number of nitrogens with zero attached hydrogens (tertiary/aromatic N) is 2. The van der Waals surface area contributed by atoms with E-state index in [2.05, 4.69) is 75.9 Å². The van der Waals surface area contributed by atoms with Crippen molar-refractivity contribution < 1.29 is 37.3 Å². The van der Waals surface area contributed by atoms with Gasteiger partial charge in [-0.2, -0.15) is 18.3 Å². The van der Waals surface area contributed by atoms with Gasteiger partial charge in [-0.15, -0.1) is 0 Å². The van der Waals surface area contributed by atoms with Crippen LogP contribution in [-0.4, -0.2) is 71.7 Å². The maximum absolute atomic E-state index is 13.1. The highest BCUT2D eigenvalue weighted by atomic mass is 19.4. The molecule has 1 saturated carbocycles. The van der Waals surface area contributed by atoms with E-state index in [1.165, 1.54) is 5.56 Å². The van der Waals surface area contributed by atoms with Crippen LogP contribution in [0.3, 0.4) is 0 Å². The summed E-state index contributed by atoms with van der Waals surface area (Å²) >= 11 is 0. The molecule has 46 heavy (non-hydrogen) atoms. The van der Waals surface area contributed by atoms with E-state index in [0.717, 1.165) is 89.6 Å². The van der Waals surface area contributed by atoms with Gasteiger partial charge in [-0.05, 0) is 71.5 Å². The van der Waals surface area contributed by atoms with Crippen molar-refractivity contribution in [2.24, 2.45) is 0 Å². The molecule has 2 atom stereocenters. The molecule has 3 heterocycles. The summed E-state index contributed by atoms with van der Waals surface area (Å²) in [4.78, 5) is 24.4. The third-order valence-corrected chi connectivity index (χ3v) is 8.80. The van der Waals surface area contributed by atoms with Gasteiger partial charge in [0.2, 0.25) is 5.91 Å². The molecule has 2 fully saturated rings. The molecule has 7 rings (SSSR count). The Kier molecular flexibility index (Phi) is 8.34. The number of nitrogens with one attached hydrogen (secondary N) is 2. The predicted molar refractivity (Wildman–Crippen MR) is 167 cm³/mol. The number of rotatable bonds is 6. The molecule has 4 aromatic rings. The minimum atomic E-state index is -5.08. The van der Waals surface area contributed by atoms with E-state index in [1.54, 1.807) is 7.11 Å². The van der Waals surface area contributed by atoms with Gasteiger partial charge in [-0.3, -0.25) is 14.8 Å². The van der Waals surface area contributed by atoms with Gasteiger partial charge < -0.3 is 19.9 Å². The molecule has 2 aliphatic heterocycles. The third kappa shape index (κ3) is 6.10. The van der Waals surface area contributed by atoms with E-state index in [4.69, 9.17) is 19.4 Å². The molecular weight excluding hydrogens is 601 g/mol. The number of hydrogen-bond donors (Lipinski definition) is 3. The number of ether oxygens (including phenoxy) is 2. The molecule has 9 nitrogen and oxygen atoms in total. The van der Waals surface area contributed by atoms with Gasteiger partial charge in [0.1, 0.15) is 5.75 Å². The first-order chi connectivity index (χ1) is 22.0. The number of carbonyl (C=O) groups excluding carboxylic acids is 1. The number of fused-ring (bicyclic) bond motifs is 3. The van der Waals surface area contributed by atoms with Crippen molar-refractivity contribution >= 4 is 40.1 Å². The van der Waals surface area contributed by atoms with E-state index in [1.807, 2.05) is 18.2 Å². The van der Waals surface area contributed by atoms with Gasteiger partial charge in [-0.25, -0.2) is 4.79 Å². The van der Waals surface area contributed by atoms with Crippen LogP contribution in [0.2, 0.25) is 0 Å². The number of methoxy groups -OCH3 is 1. The van der Waals surface area contributed by atoms with Gasteiger partial charge in [0.05, 0.1) is 36.9 Å². The van der Waals surface area contributed by atoms with Crippen LogP contribution in [0.1, 0.15) is 47.2 Å². The van der Waals surface area contributed by atoms with E-state index in [0.29, 0.717) is 0 Å². The summed E-state index contributed by atoms with van der Waals surface area (Å²) in [7, 11) is 1.66. The van der Waals surface area contributed by atoms with Crippen LogP contribution >= 0.6 is 0 Å². The van der Waals surface area contributed by atoms with Crippen molar-refractivity contribution in [1.82, 2.24) is 15.1 Å². The smallest absolute Gasteiger partial charge is 0.490 e. The highest BCUT2D eigenvalue weighted by Crippen LogP contribution is 2.65. The molecule has 1 saturated heterocycles. The van der Waals surface area contributed by atoms with Crippen molar-refractivity contribution in [2.45, 2.75) is 37.4 Å². The summed E-state index contributed by atoms with van der Waals surface area (Å²) in [5.41, 5.74) is 8.10. The molecule has 1 aliphatic carbocycles. The Bertz CT molecular complexity index is 1810. The minimum absolute atomic E-state index is 0.0795. The maximum Gasteiger partial charge on any atom is 0.490 e. The zero-order chi connectivity index (χ0) is 32.6. The van der Waals surface area contributed by atoms with Crippen LogP contribution in [-0.2, 0) is 26.3 Å². The second-order valence-electron chi connectivity index (χ2n) is 11.7. The molecule has 240 valence electrons. The number of halogens is 3. The van der Waals surface area contributed by atoms with Gasteiger partial charge >= 0.3 is 12.1 Å². The second kappa shape index (κ2) is 12.3. The quantitative estimate of drug-likeness (QED) is 0.239. The topological polar surface area (TPSA) is 117 Å². The summed E-state index contributed by atoms with van der Waals surface area (Å²) in [6.07, 6.45) is -2.10. The molecule has 0 unspecified atom stereocenters. The Morgan fingerprint density at radius 1 is 1.13 bits per heavy atom. The van der Waals surface area contributed by atoms with Crippen LogP contribution in [0.15, 0.2) is 60.7 Å². The number of carboxylic acid groups (broad SMARTS) is 1. The van der Waals surface area contributed by atoms with Crippen molar-refractivity contribution in [1.29, 1.82) is 0 Å². The molecule has 0 bridgehead atoms. The first-order valence-electron chi connectivity index (χ1n) is 14.9. The normalized spacial score (nSPS) is 21.0. The first kappa shape index (κ1) is 31.3.